The highest BCUT2D eigenvalue weighted by molar-refractivity contribution is 9.10. The topological polar surface area (TPSA) is 88.2 Å². The van der Waals surface area contributed by atoms with E-state index in [4.69, 9.17) is 0 Å². The molecule has 0 spiro atoms. The van der Waals surface area contributed by atoms with Gasteiger partial charge in [-0.1, -0.05) is 12.1 Å². The lowest BCUT2D eigenvalue weighted by Crippen LogP contribution is -2.42. The molecule has 0 aliphatic rings. The van der Waals surface area contributed by atoms with Crippen LogP contribution in [0.5, 0.6) is 0 Å². The summed E-state index contributed by atoms with van der Waals surface area (Å²) in [6.45, 7) is 1.84. The summed E-state index contributed by atoms with van der Waals surface area (Å²) in [7, 11) is -3.82. The fourth-order valence-electron chi connectivity index (χ4n) is 1.54. The molecule has 2 rings (SSSR count). The molecule has 0 aliphatic carbocycles. The Morgan fingerprint density at radius 1 is 1.38 bits per heavy atom. The summed E-state index contributed by atoms with van der Waals surface area (Å²) in [5, 5.41) is 2.61. The number of hydrazine groups is 1. The zero-order valence-electron chi connectivity index (χ0n) is 11.0. The van der Waals surface area contributed by atoms with E-state index in [1.165, 1.54) is 17.4 Å². The van der Waals surface area contributed by atoms with E-state index in [1.54, 1.807) is 23.6 Å². The van der Waals surface area contributed by atoms with Crippen LogP contribution in [0.2, 0.25) is 0 Å². The number of rotatable bonds is 5. The molecule has 1 aromatic heterocycles. The molecule has 0 fully saturated rings. The molecule has 2 aromatic rings. The highest BCUT2D eigenvalue weighted by Crippen LogP contribution is 2.20. The number of nitrogens with zero attached hydrogens (tertiary/aromatic N) is 1. The van der Waals surface area contributed by atoms with Crippen molar-refractivity contribution >= 4 is 43.2 Å². The van der Waals surface area contributed by atoms with E-state index in [0.29, 0.717) is 10.2 Å². The predicted octanol–water partition coefficient (Wildman–Crippen LogP) is 1.77. The molecule has 1 amide bonds. The molecule has 0 saturated heterocycles. The Hall–Kier alpha value is -1.29. The van der Waals surface area contributed by atoms with Crippen LogP contribution in [0, 0.1) is 6.92 Å². The van der Waals surface area contributed by atoms with E-state index >= 15 is 0 Å². The molecule has 0 radical (unpaired) electrons. The van der Waals surface area contributed by atoms with E-state index in [9.17, 15) is 13.2 Å². The van der Waals surface area contributed by atoms with E-state index in [1.807, 2.05) is 6.92 Å². The van der Waals surface area contributed by atoms with Gasteiger partial charge in [-0.05, 0) is 35.0 Å². The number of halogens is 1. The minimum atomic E-state index is -3.82. The number of thiazole rings is 1. The van der Waals surface area contributed by atoms with Crippen molar-refractivity contribution in [1.82, 2.24) is 15.2 Å². The summed E-state index contributed by atoms with van der Waals surface area (Å²) in [5.41, 5.74) is 2.78. The number of hydrogen-bond donors (Lipinski definition) is 2. The van der Waals surface area contributed by atoms with Crippen LogP contribution in [0.15, 0.2) is 39.0 Å². The van der Waals surface area contributed by atoms with E-state index < -0.39 is 15.9 Å². The highest BCUT2D eigenvalue weighted by atomic mass is 79.9. The zero-order valence-corrected chi connectivity index (χ0v) is 14.2. The first kappa shape index (κ1) is 16.1. The van der Waals surface area contributed by atoms with Crippen molar-refractivity contribution in [2.45, 2.75) is 18.2 Å². The minimum Gasteiger partial charge on any atom is -0.277 e. The molecule has 0 aliphatic heterocycles. The van der Waals surface area contributed by atoms with Gasteiger partial charge in [0.05, 0.1) is 22.0 Å². The zero-order chi connectivity index (χ0) is 15.5. The van der Waals surface area contributed by atoms with Gasteiger partial charge in [0, 0.05) is 9.85 Å². The second-order valence-electron chi connectivity index (χ2n) is 4.12. The Kier molecular flexibility index (Phi) is 5.09. The van der Waals surface area contributed by atoms with Crippen molar-refractivity contribution in [2.75, 3.05) is 0 Å². The number of aromatic nitrogens is 1. The van der Waals surface area contributed by atoms with Gasteiger partial charge in [0.1, 0.15) is 0 Å². The summed E-state index contributed by atoms with van der Waals surface area (Å²) >= 11 is 4.59. The van der Waals surface area contributed by atoms with Crippen molar-refractivity contribution in [3.05, 3.63) is 44.8 Å². The second-order valence-corrected chi connectivity index (χ2v) is 7.69. The molecule has 1 heterocycles. The summed E-state index contributed by atoms with van der Waals surface area (Å²) in [6.07, 6.45) is 0.0167. The van der Waals surface area contributed by atoms with Gasteiger partial charge in [-0.25, -0.2) is 13.4 Å². The molecular formula is C12H12BrN3O3S2. The van der Waals surface area contributed by atoms with Gasteiger partial charge in [-0.2, -0.15) is 0 Å². The van der Waals surface area contributed by atoms with Gasteiger partial charge in [0.2, 0.25) is 5.91 Å². The molecular weight excluding hydrogens is 378 g/mol. The van der Waals surface area contributed by atoms with E-state index in [0.717, 1.165) is 5.01 Å². The second kappa shape index (κ2) is 6.65. The van der Waals surface area contributed by atoms with Crippen molar-refractivity contribution in [1.29, 1.82) is 0 Å². The van der Waals surface area contributed by atoms with Crippen LogP contribution in [-0.4, -0.2) is 19.3 Å². The largest absolute Gasteiger partial charge is 0.277 e. The Morgan fingerprint density at radius 2 is 2.10 bits per heavy atom. The standard InChI is InChI=1S/C12H12BrN3O3S2/c1-8-14-9(7-20-8)6-12(17)15-16-21(18,19)11-5-3-2-4-10(11)13/h2-5,7,16H,6H2,1H3,(H,15,17). The van der Waals surface area contributed by atoms with Crippen LogP contribution < -0.4 is 10.3 Å². The van der Waals surface area contributed by atoms with Gasteiger partial charge >= 0.3 is 0 Å². The predicted molar refractivity (Wildman–Crippen MR) is 83.2 cm³/mol. The normalized spacial score (nSPS) is 11.3. The number of sulfonamides is 1. The fourth-order valence-corrected chi connectivity index (χ4v) is 4.02. The monoisotopic (exact) mass is 389 g/mol. The maximum atomic E-state index is 12.0. The lowest BCUT2D eigenvalue weighted by molar-refractivity contribution is -0.120. The molecule has 6 nitrogen and oxygen atoms in total. The summed E-state index contributed by atoms with van der Waals surface area (Å²) in [6, 6.07) is 6.34. The smallest absolute Gasteiger partial charge is 0.258 e. The Bertz CT molecular complexity index is 759. The molecule has 1 aromatic carbocycles. The minimum absolute atomic E-state index is 0.0167. The third-order valence-electron chi connectivity index (χ3n) is 2.46. The number of hydrogen-bond acceptors (Lipinski definition) is 5. The first-order valence-corrected chi connectivity index (χ1v) is 9.00. The molecule has 9 heteroatoms. The average Bonchev–Trinajstić information content (AvgIpc) is 2.82. The third-order valence-corrected chi connectivity index (χ3v) is 5.54. The van der Waals surface area contributed by atoms with Crippen molar-refractivity contribution in [3.63, 3.8) is 0 Å². The molecule has 21 heavy (non-hydrogen) atoms. The maximum absolute atomic E-state index is 12.0. The molecule has 0 unspecified atom stereocenters. The van der Waals surface area contributed by atoms with Crippen LogP contribution in [0.1, 0.15) is 10.7 Å². The lowest BCUT2D eigenvalue weighted by Gasteiger charge is -2.09. The van der Waals surface area contributed by atoms with Crippen LogP contribution in [0.4, 0.5) is 0 Å². The molecule has 0 saturated carbocycles. The first-order chi connectivity index (χ1) is 9.88. The summed E-state index contributed by atoms with van der Waals surface area (Å²) in [4.78, 5) is 18.0. The van der Waals surface area contributed by atoms with Crippen molar-refractivity contribution in [3.8, 4) is 0 Å². The lowest BCUT2D eigenvalue weighted by atomic mass is 10.3. The number of amides is 1. The van der Waals surface area contributed by atoms with Gasteiger partial charge < -0.3 is 0 Å². The van der Waals surface area contributed by atoms with Gasteiger partial charge in [0.25, 0.3) is 10.0 Å². The van der Waals surface area contributed by atoms with Crippen molar-refractivity contribution in [2.24, 2.45) is 0 Å². The van der Waals surface area contributed by atoms with Crippen LogP contribution in [0.3, 0.4) is 0 Å². The maximum Gasteiger partial charge on any atom is 0.258 e. The number of aryl methyl sites for hydroxylation is 1. The average molecular weight is 390 g/mol. The van der Waals surface area contributed by atoms with Gasteiger partial charge in [0.15, 0.2) is 0 Å². The SMILES string of the molecule is Cc1nc(CC(=O)NNS(=O)(=O)c2ccccc2Br)cs1. The third kappa shape index (κ3) is 4.34. The summed E-state index contributed by atoms with van der Waals surface area (Å²) in [5.74, 6) is -0.476. The van der Waals surface area contributed by atoms with Gasteiger partial charge in [-0.15, -0.1) is 16.2 Å². The summed E-state index contributed by atoms with van der Waals surface area (Å²) < 4.78 is 24.5. The fraction of sp³-hybridized carbons (Fsp3) is 0.167. The van der Waals surface area contributed by atoms with Crippen LogP contribution in [-0.2, 0) is 21.2 Å². The van der Waals surface area contributed by atoms with E-state index in [2.05, 4.69) is 31.2 Å². The molecule has 0 bridgehead atoms. The Morgan fingerprint density at radius 3 is 2.71 bits per heavy atom. The first-order valence-electron chi connectivity index (χ1n) is 5.84. The Balaban J connectivity index is 1.99. The number of nitrogens with one attached hydrogen (secondary N) is 2. The highest BCUT2D eigenvalue weighted by Gasteiger charge is 2.18. The van der Waals surface area contributed by atoms with E-state index in [-0.39, 0.29) is 11.3 Å². The molecule has 2 N–H and O–H groups in total. The quantitative estimate of drug-likeness (QED) is 0.762. The number of carbonyl (C=O) groups excluding carboxylic acids is 1. The molecule has 0 atom stereocenters. The molecule has 112 valence electrons. The van der Waals surface area contributed by atoms with Gasteiger partial charge in [-0.3, -0.25) is 10.2 Å². The van der Waals surface area contributed by atoms with Crippen LogP contribution >= 0.6 is 27.3 Å². The van der Waals surface area contributed by atoms with Crippen LogP contribution in [0.25, 0.3) is 0 Å². The Labute approximate surface area is 134 Å². The number of benzene rings is 1. The number of carbonyl (C=O) groups is 1. The van der Waals surface area contributed by atoms with Crippen molar-refractivity contribution < 1.29 is 13.2 Å².